The number of ether oxygens (including phenoxy) is 6. The molecule has 0 aliphatic carbocycles. The van der Waals surface area contributed by atoms with Gasteiger partial charge in [0.1, 0.15) is 18.5 Å². The molecule has 1 aliphatic rings. The monoisotopic (exact) mass is 584 g/mol. The van der Waals surface area contributed by atoms with Gasteiger partial charge in [-0.15, -0.1) is 5.10 Å². The maximum atomic E-state index is 13.7. The van der Waals surface area contributed by atoms with Crippen molar-refractivity contribution in [3.8, 4) is 22.8 Å². The number of hydrogen-bond acceptors (Lipinski definition) is 11. The molecule has 0 spiro atoms. The molecule has 3 aromatic rings. The lowest BCUT2D eigenvalue weighted by molar-refractivity contribution is -0.289. The minimum atomic E-state index is -1.47. The van der Waals surface area contributed by atoms with Crippen LogP contribution >= 0.6 is 0 Å². The summed E-state index contributed by atoms with van der Waals surface area (Å²) >= 11 is 0. The van der Waals surface area contributed by atoms with Crippen LogP contribution in [-0.2, 0) is 42.9 Å². The number of benzene rings is 2. The van der Waals surface area contributed by atoms with E-state index in [2.05, 4.69) is 5.10 Å². The van der Waals surface area contributed by atoms with Crippen LogP contribution in [0.25, 0.3) is 16.9 Å². The molecule has 0 bridgehead atoms. The normalized spacial score (nSPS) is 21.6. The SMILES string of the molecule is CC(=O)OC[C@H]1O[C@@H](Oc2cc(-c3ccc(F)cc3)n(-c3ccccc3)n2)[C@H](OC(C)=O)[C@@H](OC(C)=O)[C@@H]1OC(C)=O. The third kappa shape index (κ3) is 7.49. The minimum Gasteiger partial charge on any atom is -0.463 e. The summed E-state index contributed by atoms with van der Waals surface area (Å²) in [4.78, 5) is 47.7. The average molecular weight is 585 g/mol. The third-order valence-corrected chi connectivity index (χ3v) is 6.01. The second-order valence-electron chi connectivity index (χ2n) is 9.31. The van der Waals surface area contributed by atoms with E-state index < -0.39 is 67.0 Å². The molecule has 0 saturated carbocycles. The Labute approximate surface area is 240 Å². The highest BCUT2D eigenvalue weighted by atomic mass is 19.1. The molecular weight excluding hydrogens is 555 g/mol. The van der Waals surface area contributed by atoms with Crippen molar-refractivity contribution < 1.29 is 52.0 Å². The Hall–Kier alpha value is -4.78. The summed E-state index contributed by atoms with van der Waals surface area (Å²) in [6.45, 7) is 4.15. The molecular formula is C29H29FN2O10. The fraction of sp³-hybridized carbons (Fsp3) is 0.345. The van der Waals surface area contributed by atoms with Crippen LogP contribution in [0.1, 0.15) is 27.7 Å². The van der Waals surface area contributed by atoms with Crippen LogP contribution in [0.4, 0.5) is 4.39 Å². The van der Waals surface area contributed by atoms with Crippen LogP contribution in [-0.4, -0.2) is 71.0 Å². The Morgan fingerprint density at radius 3 is 2.00 bits per heavy atom. The fourth-order valence-electron chi connectivity index (χ4n) is 4.41. The van der Waals surface area contributed by atoms with Crippen molar-refractivity contribution in [3.63, 3.8) is 0 Å². The predicted octanol–water partition coefficient (Wildman–Crippen LogP) is 3.14. The average Bonchev–Trinajstić information content (AvgIpc) is 3.35. The number of rotatable bonds is 9. The number of nitrogens with zero attached hydrogens (tertiary/aromatic N) is 2. The fourth-order valence-corrected chi connectivity index (χ4v) is 4.41. The number of carbonyl (C=O) groups is 4. The van der Waals surface area contributed by atoms with E-state index in [1.165, 1.54) is 19.1 Å². The topological polar surface area (TPSA) is 141 Å². The van der Waals surface area contributed by atoms with E-state index in [1.54, 1.807) is 35.0 Å². The van der Waals surface area contributed by atoms with Crippen molar-refractivity contribution in [2.75, 3.05) is 6.61 Å². The summed E-state index contributed by atoms with van der Waals surface area (Å²) in [6.07, 6.45) is -6.81. The lowest BCUT2D eigenvalue weighted by Crippen LogP contribution is -2.63. The lowest BCUT2D eigenvalue weighted by atomic mass is 9.98. The first-order chi connectivity index (χ1) is 20.0. The molecule has 12 nitrogen and oxygen atoms in total. The highest BCUT2D eigenvalue weighted by Gasteiger charge is 2.53. The van der Waals surface area contributed by atoms with Gasteiger partial charge in [-0.05, 0) is 36.4 Å². The van der Waals surface area contributed by atoms with Gasteiger partial charge in [0, 0.05) is 39.3 Å². The summed E-state index contributed by atoms with van der Waals surface area (Å²) < 4.78 is 48.7. The number of para-hydroxylation sites is 1. The molecule has 42 heavy (non-hydrogen) atoms. The molecule has 0 unspecified atom stereocenters. The zero-order chi connectivity index (χ0) is 30.4. The van der Waals surface area contributed by atoms with Crippen LogP contribution in [0.5, 0.6) is 5.88 Å². The molecule has 4 rings (SSSR count). The summed E-state index contributed by atoms with van der Waals surface area (Å²) in [7, 11) is 0. The van der Waals surface area contributed by atoms with E-state index in [1.807, 2.05) is 18.2 Å². The first kappa shape index (κ1) is 30.2. The number of aromatic nitrogens is 2. The van der Waals surface area contributed by atoms with E-state index in [9.17, 15) is 23.6 Å². The van der Waals surface area contributed by atoms with Crippen molar-refractivity contribution in [1.82, 2.24) is 9.78 Å². The van der Waals surface area contributed by atoms with Gasteiger partial charge in [-0.1, -0.05) is 18.2 Å². The van der Waals surface area contributed by atoms with Crippen LogP contribution < -0.4 is 4.74 Å². The highest BCUT2D eigenvalue weighted by Crippen LogP contribution is 2.33. The van der Waals surface area contributed by atoms with E-state index in [4.69, 9.17) is 28.4 Å². The van der Waals surface area contributed by atoms with E-state index in [0.29, 0.717) is 16.9 Å². The van der Waals surface area contributed by atoms with E-state index in [-0.39, 0.29) is 5.88 Å². The van der Waals surface area contributed by atoms with Gasteiger partial charge < -0.3 is 28.4 Å². The molecule has 13 heteroatoms. The van der Waals surface area contributed by atoms with Crippen LogP contribution in [0, 0.1) is 5.82 Å². The zero-order valence-corrected chi connectivity index (χ0v) is 23.2. The smallest absolute Gasteiger partial charge is 0.303 e. The number of hydrogen-bond donors (Lipinski definition) is 0. The molecule has 1 fully saturated rings. The van der Waals surface area contributed by atoms with Gasteiger partial charge in [-0.2, -0.15) is 0 Å². The van der Waals surface area contributed by atoms with Gasteiger partial charge >= 0.3 is 23.9 Å². The summed E-state index contributed by atoms with van der Waals surface area (Å²) in [5.74, 6) is -3.35. The maximum absolute atomic E-state index is 13.7. The van der Waals surface area contributed by atoms with Gasteiger partial charge in [0.15, 0.2) is 12.2 Å². The summed E-state index contributed by atoms with van der Waals surface area (Å²) in [6, 6.07) is 16.4. The highest BCUT2D eigenvalue weighted by molar-refractivity contribution is 5.69. The van der Waals surface area contributed by atoms with Gasteiger partial charge in [-0.25, -0.2) is 9.07 Å². The van der Waals surface area contributed by atoms with Crippen molar-refractivity contribution in [1.29, 1.82) is 0 Å². The van der Waals surface area contributed by atoms with Crippen molar-refractivity contribution in [2.24, 2.45) is 0 Å². The molecule has 2 heterocycles. The van der Waals surface area contributed by atoms with Crippen molar-refractivity contribution >= 4 is 23.9 Å². The van der Waals surface area contributed by atoms with Gasteiger partial charge in [0.05, 0.1) is 11.4 Å². The Bertz CT molecular complexity index is 1430. The third-order valence-electron chi connectivity index (χ3n) is 6.01. The van der Waals surface area contributed by atoms with Crippen molar-refractivity contribution in [2.45, 2.75) is 58.4 Å². The Morgan fingerprint density at radius 2 is 1.40 bits per heavy atom. The number of halogens is 1. The second-order valence-corrected chi connectivity index (χ2v) is 9.31. The van der Waals surface area contributed by atoms with Gasteiger partial charge in [-0.3, -0.25) is 19.2 Å². The molecule has 1 saturated heterocycles. The molecule has 1 aromatic heterocycles. The standard InChI is InChI=1S/C29H29FN2O10/c1-16(33)37-15-24-26(38-17(2)34)27(39-18(3)35)28(40-19(4)36)29(41-24)42-25-14-23(20-10-12-21(30)13-11-20)32(31-25)22-8-6-5-7-9-22/h5-14,24,26-29H,15H2,1-4H3/t24-,26-,27+,28-,29+/m1/s1. The van der Waals surface area contributed by atoms with Gasteiger partial charge in [0.2, 0.25) is 18.3 Å². The van der Waals surface area contributed by atoms with E-state index >= 15 is 0 Å². The Morgan fingerprint density at radius 1 is 0.810 bits per heavy atom. The second kappa shape index (κ2) is 13.3. The molecule has 2 aromatic carbocycles. The summed E-state index contributed by atoms with van der Waals surface area (Å²) in [5, 5.41) is 4.54. The zero-order valence-electron chi connectivity index (χ0n) is 23.2. The molecule has 0 amide bonds. The first-order valence-corrected chi connectivity index (χ1v) is 12.9. The van der Waals surface area contributed by atoms with Crippen molar-refractivity contribution in [3.05, 3.63) is 66.5 Å². The van der Waals surface area contributed by atoms with E-state index in [0.717, 1.165) is 20.8 Å². The van der Waals surface area contributed by atoms with Crippen LogP contribution in [0.3, 0.4) is 0 Å². The lowest BCUT2D eigenvalue weighted by Gasteiger charge is -2.43. The molecule has 5 atom stereocenters. The first-order valence-electron chi connectivity index (χ1n) is 12.9. The van der Waals surface area contributed by atoms with Crippen LogP contribution in [0.2, 0.25) is 0 Å². The minimum absolute atomic E-state index is 0.000854. The largest absolute Gasteiger partial charge is 0.463 e. The molecule has 0 radical (unpaired) electrons. The van der Waals surface area contributed by atoms with Gasteiger partial charge in [0.25, 0.3) is 0 Å². The maximum Gasteiger partial charge on any atom is 0.303 e. The summed E-state index contributed by atoms with van der Waals surface area (Å²) in [5.41, 5.74) is 1.80. The molecule has 0 N–H and O–H groups in total. The Balaban J connectivity index is 1.76. The quantitative estimate of drug-likeness (QED) is 0.270. The molecule has 1 aliphatic heterocycles. The molecule has 222 valence electrons. The predicted molar refractivity (Wildman–Crippen MR) is 142 cm³/mol. The van der Waals surface area contributed by atoms with Crippen LogP contribution in [0.15, 0.2) is 60.7 Å². The Kier molecular flexibility index (Phi) is 9.53. The number of esters is 4. The number of carbonyl (C=O) groups excluding carboxylic acids is 4.